The van der Waals surface area contributed by atoms with Crippen molar-refractivity contribution in [1.29, 1.82) is 0 Å². The first-order valence-corrected chi connectivity index (χ1v) is 8.41. The molecule has 1 aromatic carbocycles. The lowest BCUT2D eigenvalue weighted by Gasteiger charge is -2.23. The van der Waals surface area contributed by atoms with Crippen LogP contribution in [-0.2, 0) is 9.53 Å². The summed E-state index contributed by atoms with van der Waals surface area (Å²) in [5.41, 5.74) is 0.283. The van der Waals surface area contributed by atoms with Crippen LogP contribution in [0.1, 0.15) is 49.4 Å². The minimum atomic E-state index is -1.08. The van der Waals surface area contributed by atoms with E-state index in [9.17, 15) is 14.4 Å². The summed E-state index contributed by atoms with van der Waals surface area (Å²) in [5, 5.41) is 5.47. The smallest absolute Gasteiger partial charge is 0.338 e. The van der Waals surface area contributed by atoms with Crippen molar-refractivity contribution in [2.24, 2.45) is 0 Å². The predicted octanol–water partition coefficient (Wildman–Crippen LogP) is 3.04. The Hall–Kier alpha value is -2.08. The van der Waals surface area contributed by atoms with Gasteiger partial charge in [-0.1, -0.05) is 30.9 Å². The van der Waals surface area contributed by atoms with Gasteiger partial charge in [0.15, 0.2) is 6.10 Å². The molecule has 1 saturated carbocycles. The Kier molecular flexibility index (Phi) is 6.61. The summed E-state index contributed by atoms with van der Waals surface area (Å²) < 4.78 is 5.05. The van der Waals surface area contributed by atoms with E-state index in [1.54, 1.807) is 12.1 Å². The number of amides is 3. The van der Waals surface area contributed by atoms with Crippen molar-refractivity contribution in [1.82, 2.24) is 10.6 Å². The van der Waals surface area contributed by atoms with Crippen molar-refractivity contribution in [2.45, 2.75) is 51.2 Å². The van der Waals surface area contributed by atoms with E-state index in [1.807, 2.05) is 0 Å². The van der Waals surface area contributed by atoms with Gasteiger partial charge in [0.05, 0.1) is 5.56 Å². The molecule has 0 saturated heterocycles. The molecule has 1 atom stereocenters. The standard InChI is InChI=1S/C17H21ClN2O4/c1-11(24-16(22)12-7-9-13(18)10-8-12)15(21)20-17(23)19-14-5-3-2-4-6-14/h7-11,14H,2-6H2,1H3,(H2,19,20,21,23)/t11-/m0/s1. The highest BCUT2D eigenvalue weighted by molar-refractivity contribution is 6.30. The SMILES string of the molecule is C[C@H](OC(=O)c1ccc(Cl)cc1)C(=O)NC(=O)NC1CCCCC1. The van der Waals surface area contributed by atoms with Crippen molar-refractivity contribution in [3.05, 3.63) is 34.9 Å². The lowest BCUT2D eigenvalue weighted by Crippen LogP contribution is -2.48. The fourth-order valence-corrected chi connectivity index (χ4v) is 2.68. The number of ether oxygens (including phenoxy) is 1. The zero-order chi connectivity index (χ0) is 17.5. The fourth-order valence-electron chi connectivity index (χ4n) is 2.55. The highest BCUT2D eigenvalue weighted by atomic mass is 35.5. The summed E-state index contributed by atoms with van der Waals surface area (Å²) in [6, 6.07) is 5.66. The van der Waals surface area contributed by atoms with Gasteiger partial charge >= 0.3 is 12.0 Å². The Balaban J connectivity index is 1.79. The average Bonchev–Trinajstić information content (AvgIpc) is 2.56. The van der Waals surface area contributed by atoms with Gasteiger partial charge in [-0.05, 0) is 44.0 Å². The summed E-state index contributed by atoms with van der Waals surface area (Å²) in [7, 11) is 0. The predicted molar refractivity (Wildman–Crippen MR) is 89.9 cm³/mol. The van der Waals surface area contributed by atoms with Gasteiger partial charge < -0.3 is 10.1 Å². The third-order valence-corrected chi connectivity index (χ3v) is 4.16. The molecule has 7 heteroatoms. The van der Waals surface area contributed by atoms with Crippen LogP contribution >= 0.6 is 11.6 Å². The van der Waals surface area contributed by atoms with E-state index in [4.69, 9.17) is 16.3 Å². The molecule has 0 aliphatic heterocycles. The number of hydrogen-bond acceptors (Lipinski definition) is 4. The number of carbonyl (C=O) groups is 3. The Morgan fingerprint density at radius 2 is 1.75 bits per heavy atom. The molecule has 2 rings (SSSR count). The molecule has 1 aliphatic carbocycles. The third kappa shape index (κ3) is 5.53. The van der Waals surface area contributed by atoms with Crippen molar-refractivity contribution < 1.29 is 19.1 Å². The molecule has 0 bridgehead atoms. The minimum absolute atomic E-state index is 0.0958. The fraction of sp³-hybridized carbons (Fsp3) is 0.471. The van der Waals surface area contributed by atoms with Crippen molar-refractivity contribution >= 4 is 29.5 Å². The largest absolute Gasteiger partial charge is 0.449 e. The molecule has 0 unspecified atom stereocenters. The highest BCUT2D eigenvalue weighted by Crippen LogP contribution is 2.17. The van der Waals surface area contributed by atoms with Crippen LogP contribution in [0, 0.1) is 0 Å². The van der Waals surface area contributed by atoms with E-state index in [0.29, 0.717) is 5.02 Å². The van der Waals surface area contributed by atoms with Crippen LogP contribution in [0.25, 0.3) is 0 Å². The molecule has 1 aliphatic rings. The highest BCUT2D eigenvalue weighted by Gasteiger charge is 2.22. The van der Waals surface area contributed by atoms with Gasteiger partial charge in [0.1, 0.15) is 0 Å². The Morgan fingerprint density at radius 3 is 2.38 bits per heavy atom. The van der Waals surface area contributed by atoms with E-state index in [-0.39, 0.29) is 11.6 Å². The lowest BCUT2D eigenvalue weighted by molar-refractivity contribution is -0.127. The normalized spacial score (nSPS) is 16.1. The molecule has 0 heterocycles. The van der Waals surface area contributed by atoms with E-state index < -0.39 is 24.0 Å². The molecule has 3 amide bonds. The van der Waals surface area contributed by atoms with Gasteiger partial charge in [0, 0.05) is 11.1 Å². The van der Waals surface area contributed by atoms with Gasteiger partial charge in [0.2, 0.25) is 0 Å². The molecule has 1 fully saturated rings. The number of urea groups is 1. The van der Waals surface area contributed by atoms with Crippen LogP contribution in [-0.4, -0.2) is 30.1 Å². The third-order valence-electron chi connectivity index (χ3n) is 3.91. The van der Waals surface area contributed by atoms with Gasteiger partial charge in [0.25, 0.3) is 5.91 Å². The summed E-state index contributed by atoms with van der Waals surface area (Å²) in [4.78, 5) is 35.7. The number of esters is 1. The molecule has 1 aromatic rings. The molecule has 0 aromatic heterocycles. The maximum absolute atomic E-state index is 11.9. The summed E-state index contributed by atoms with van der Waals surface area (Å²) >= 11 is 5.75. The molecular weight excluding hydrogens is 332 g/mol. The van der Waals surface area contributed by atoms with Crippen LogP contribution in [0.2, 0.25) is 5.02 Å². The second-order valence-corrected chi connectivity index (χ2v) is 6.29. The van der Waals surface area contributed by atoms with E-state index in [0.717, 1.165) is 25.7 Å². The van der Waals surface area contributed by atoms with Crippen LogP contribution in [0.3, 0.4) is 0 Å². The van der Waals surface area contributed by atoms with Crippen LogP contribution < -0.4 is 10.6 Å². The Bertz CT molecular complexity index is 597. The van der Waals surface area contributed by atoms with Crippen LogP contribution in [0.15, 0.2) is 24.3 Å². The Labute approximate surface area is 145 Å². The molecule has 2 N–H and O–H groups in total. The summed E-state index contributed by atoms with van der Waals surface area (Å²) in [6.45, 7) is 1.41. The van der Waals surface area contributed by atoms with Crippen molar-refractivity contribution in [3.8, 4) is 0 Å². The molecular formula is C17H21ClN2O4. The maximum atomic E-state index is 11.9. The number of nitrogens with one attached hydrogen (secondary N) is 2. The van der Waals surface area contributed by atoms with Gasteiger partial charge in [-0.15, -0.1) is 0 Å². The molecule has 6 nitrogen and oxygen atoms in total. The summed E-state index contributed by atoms with van der Waals surface area (Å²) in [5.74, 6) is -1.31. The lowest BCUT2D eigenvalue weighted by atomic mass is 9.96. The summed E-state index contributed by atoms with van der Waals surface area (Å²) in [6.07, 6.45) is 4.09. The first kappa shape index (κ1) is 18.3. The van der Waals surface area contributed by atoms with Crippen LogP contribution in [0.4, 0.5) is 4.79 Å². The van der Waals surface area contributed by atoms with E-state index in [1.165, 1.54) is 25.5 Å². The molecule has 0 radical (unpaired) electrons. The second-order valence-electron chi connectivity index (χ2n) is 5.85. The zero-order valence-electron chi connectivity index (χ0n) is 13.5. The number of rotatable bonds is 4. The first-order chi connectivity index (χ1) is 11.5. The van der Waals surface area contributed by atoms with Gasteiger partial charge in [-0.25, -0.2) is 9.59 Å². The van der Waals surface area contributed by atoms with Gasteiger partial charge in [-0.3, -0.25) is 10.1 Å². The first-order valence-electron chi connectivity index (χ1n) is 8.03. The average molecular weight is 353 g/mol. The van der Waals surface area contributed by atoms with Crippen molar-refractivity contribution in [3.63, 3.8) is 0 Å². The van der Waals surface area contributed by atoms with Crippen LogP contribution in [0.5, 0.6) is 0 Å². The monoisotopic (exact) mass is 352 g/mol. The molecule has 130 valence electrons. The number of benzene rings is 1. The second kappa shape index (κ2) is 8.68. The number of carbonyl (C=O) groups excluding carboxylic acids is 3. The van der Waals surface area contributed by atoms with E-state index >= 15 is 0 Å². The number of halogens is 1. The van der Waals surface area contributed by atoms with Crippen molar-refractivity contribution in [2.75, 3.05) is 0 Å². The Morgan fingerprint density at radius 1 is 1.12 bits per heavy atom. The quantitative estimate of drug-likeness (QED) is 0.816. The maximum Gasteiger partial charge on any atom is 0.338 e. The van der Waals surface area contributed by atoms with Gasteiger partial charge in [-0.2, -0.15) is 0 Å². The molecule has 0 spiro atoms. The van der Waals surface area contributed by atoms with E-state index in [2.05, 4.69) is 10.6 Å². The molecule has 24 heavy (non-hydrogen) atoms. The number of imide groups is 1. The zero-order valence-corrected chi connectivity index (χ0v) is 14.3. The topological polar surface area (TPSA) is 84.5 Å². The number of hydrogen-bond donors (Lipinski definition) is 2. The minimum Gasteiger partial charge on any atom is -0.449 e.